The summed E-state index contributed by atoms with van der Waals surface area (Å²) >= 11 is 0. The van der Waals surface area contributed by atoms with E-state index in [4.69, 9.17) is 0 Å². The molecule has 1 aromatic heterocycles. The zero-order valence-corrected chi connectivity index (χ0v) is 12.4. The van der Waals surface area contributed by atoms with Gasteiger partial charge in [-0.15, -0.1) is 0 Å². The molecule has 1 aliphatic heterocycles. The van der Waals surface area contributed by atoms with Crippen LogP contribution < -0.4 is 10.2 Å². The number of nitrogens with zero attached hydrogens (tertiary/aromatic N) is 3. The molecule has 0 spiro atoms. The Kier molecular flexibility index (Phi) is 4.95. The Labute approximate surface area is 124 Å². The van der Waals surface area contributed by atoms with E-state index in [1.165, 1.54) is 6.33 Å². The van der Waals surface area contributed by atoms with Gasteiger partial charge in [0.2, 0.25) is 0 Å². The number of aromatic nitrogens is 2. The summed E-state index contributed by atoms with van der Waals surface area (Å²) in [6.07, 6.45) is 3.37. The lowest BCUT2D eigenvalue weighted by Gasteiger charge is -2.25. The van der Waals surface area contributed by atoms with E-state index in [0.29, 0.717) is 5.82 Å². The number of carbonyl (C=O) groups is 1. The molecule has 2 rings (SSSR count). The molecule has 0 amide bonds. The second kappa shape index (κ2) is 6.71. The van der Waals surface area contributed by atoms with Gasteiger partial charge in [-0.2, -0.15) is 0 Å². The minimum Gasteiger partial charge on any atom is -0.480 e. The van der Waals surface area contributed by atoms with Crippen LogP contribution in [0.4, 0.5) is 11.6 Å². The predicted molar refractivity (Wildman–Crippen MR) is 79.4 cm³/mol. The molecule has 0 bridgehead atoms. The third kappa shape index (κ3) is 3.60. The van der Waals surface area contributed by atoms with Gasteiger partial charge in [0.15, 0.2) is 0 Å². The van der Waals surface area contributed by atoms with E-state index in [0.717, 1.165) is 25.2 Å². The molecule has 1 unspecified atom stereocenters. The van der Waals surface area contributed by atoms with Crippen molar-refractivity contribution in [2.24, 2.45) is 5.92 Å². The van der Waals surface area contributed by atoms with Crippen molar-refractivity contribution in [1.29, 1.82) is 0 Å². The smallest absolute Gasteiger partial charge is 0.326 e. The number of rotatable bonds is 6. The fourth-order valence-corrected chi connectivity index (χ4v) is 2.58. The van der Waals surface area contributed by atoms with Crippen LogP contribution >= 0.6 is 0 Å². The predicted octanol–water partition coefficient (Wildman–Crippen LogP) is 0.959. The molecule has 3 N–H and O–H groups in total. The van der Waals surface area contributed by atoms with Crippen molar-refractivity contribution in [3.05, 3.63) is 12.4 Å². The highest BCUT2D eigenvalue weighted by Gasteiger charge is 2.26. The summed E-state index contributed by atoms with van der Waals surface area (Å²) in [5, 5.41) is 21.5. The standard InChI is InChI=1S/C14H22N4O3/c1-9(2)13(14(20)21)17-11-6-12(16-8-15-11)18-5-3-4-10(18)7-19/h6,8-10,13,19H,3-5,7H2,1-2H3,(H,20,21)(H,15,16,17)/t10?,13-/m1/s1. The van der Waals surface area contributed by atoms with E-state index in [1.807, 2.05) is 18.7 Å². The molecule has 2 atom stereocenters. The Bertz CT molecular complexity index is 495. The van der Waals surface area contributed by atoms with Crippen LogP contribution in [0.3, 0.4) is 0 Å². The molecule has 1 aliphatic rings. The molecule has 7 nitrogen and oxygen atoms in total. The van der Waals surface area contributed by atoms with Gasteiger partial charge in [0.1, 0.15) is 24.0 Å². The van der Waals surface area contributed by atoms with Gasteiger partial charge < -0.3 is 20.4 Å². The second-order valence-electron chi connectivity index (χ2n) is 5.64. The highest BCUT2D eigenvalue weighted by atomic mass is 16.4. The molecular formula is C14H22N4O3. The third-order valence-corrected chi connectivity index (χ3v) is 3.77. The Morgan fingerprint density at radius 1 is 1.52 bits per heavy atom. The fourth-order valence-electron chi connectivity index (χ4n) is 2.58. The molecule has 21 heavy (non-hydrogen) atoms. The number of carboxylic acids is 1. The Hall–Kier alpha value is -1.89. The number of aliphatic carboxylic acids is 1. The highest BCUT2D eigenvalue weighted by Crippen LogP contribution is 2.25. The van der Waals surface area contributed by atoms with Gasteiger partial charge in [-0.1, -0.05) is 13.8 Å². The molecule has 116 valence electrons. The summed E-state index contributed by atoms with van der Waals surface area (Å²) in [5.41, 5.74) is 0. The average molecular weight is 294 g/mol. The number of hydrogen-bond donors (Lipinski definition) is 3. The summed E-state index contributed by atoms with van der Waals surface area (Å²) in [4.78, 5) is 21.6. The summed E-state index contributed by atoms with van der Waals surface area (Å²) in [6, 6.07) is 1.12. The summed E-state index contributed by atoms with van der Waals surface area (Å²) in [7, 11) is 0. The van der Waals surface area contributed by atoms with Crippen molar-refractivity contribution in [1.82, 2.24) is 9.97 Å². The number of aliphatic hydroxyl groups is 1. The zero-order valence-electron chi connectivity index (χ0n) is 12.4. The Morgan fingerprint density at radius 2 is 2.29 bits per heavy atom. The van der Waals surface area contributed by atoms with E-state index in [-0.39, 0.29) is 18.6 Å². The van der Waals surface area contributed by atoms with Gasteiger partial charge in [0, 0.05) is 12.6 Å². The van der Waals surface area contributed by atoms with E-state index in [9.17, 15) is 15.0 Å². The maximum Gasteiger partial charge on any atom is 0.326 e. The molecule has 1 saturated heterocycles. The van der Waals surface area contributed by atoms with Crippen LogP contribution in [-0.2, 0) is 4.79 Å². The molecule has 0 saturated carbocycles. The monoisotopic (exact) mass is 294 g/mol. The summed E-state index contributed by atoms with van der Waals surface area (Å²) in [5.74, 6) is 0.249. The first-order chi connectivity index (χ1) is 10.0. The molecule has 0 aliphatic carbocycles. The second-order valence-corrected chi connectivity index (χ2v) is 5.64. The zero-order chi connectivity index (χ0) is 15.4. The van der Waals surface area contributed by atoms with Gasteiger partial charge in [0.25, 0.3) is 0 Å². The van der Waals surface area contributed by atoms with Gasteiger partial charge in [-0.3, -0.25) is 0 Å². The van der Waals surface area contributed by atoms with E-state index < -0.39 is 12.0 Å². The molecule has 1 aromatic rings. The van der Waals surface area contributed by atoms with Crippen LogP contribution in [0.15, 0.2) is 12.4 Å². The van der Waals surface area contributed by atoms with Crippen molar-refractivity contribution in [2.45, 2.75) is 38.8 Å². The lowest BCUT2D eigenvalue weighted by Crippen LogP contribution is -2.35. The topological polar surface area (TPSA) is 98.6 Å². The van der Waals surface area contributed by atoms with Crippen molar-refractivity contribution in [2.75, 3.05) is 23.4 Å². The van der Waals surface area contributed by atoms with Crippen LogP contribution in [0.2, 0.25) is 0 Å². The molecule has 7 heteroatoms. The minimum absolute atomic E-state index is 0.0575. The first-order valence-corrected chi connectivity index (χ1v) is 7.21. The van der Waals surface area contributed by atoms with Crippen LogP contribution in [0.5, 0.6) is 0 Å². The molecular weight excluding hydrogens is 272 g/mol. The first-order valence-electron chi connectivity index (χ1n) is 7.21. The van der Waals surface area contributed by atoms with E-state index >= 15 is 0 Å². The molecule has 2 heterocycles. The van der Waals surface area contributed by atoms with Gasteiger partial charge in [-0.25, -0.2) is 14.8 Å². The molecule has 0 radical (unpaired) electrons. The van der Waals surface area contributed by atoms with Crippen molar-refractivity contribution >= 4 is 17.6 Å². The van der Waals surface area contributed by atoms with Crippen LogP contribution in [0, 0.1) is 5.92 Å². The number of carboxylic acid groups (broad SMARTS) is 1. The number of nitrogens with one attached hydrogen (secondary N) is 1. The van der Waals surface area contributed by atoms with Crippen LogP contribution in [0.1, 0.15) is 26.7 Å². The molecule has 0 aromatic carbocycles. The van der Waals surface area contributed by atoms with E-state index in [2.05, 4.69) is 15.3 Å². The van der Waals surface area contributed by atoms with Crippen molar-refractivity contribution < 1.29 is 15.0 Å². The first kappa shape index (κ1) is 15.5. The van der Waals surface area contributed by atoms with Crippen LogP contribution in [0.25, 0.3) is 0 Å². The van der Waals surface area contributed by atoms with E-state index in [1.54, 1.807) is 6.07 Å². The SMILES string of the molecule is CC(C)[C@@H](Nc1cc(N2CCCC2CO)ncn1)C(=O)O. The number of hydrogen-bond acceptors (Lipinski definition) is 6. The summed E-state index contributed by atoms with van der Waals surface area (Å²) in [6.45, 7) is 4.62. The maximum atomic E-state index is 11.2. The van der Waals surface area contributed by atoms with Gasteiger partial charge in [-0.05, 0) is 18.8 Å². The lowest BCUT2D eigenvalue weighted by molar-refractivity contribution is -0.138. The average Bonchev–Trinajstić information content (AvgIpc) is 2.93. The largest absolute Gasteiger partial charge is 0.480 e. The van der Waals surface area contributed by atoms with Gasteiger partial charge >= 0.3 is 5.97 Å². The third-order valence-electron chi connectivity index (χ3n) is 3.77. The quantitative estimate of drug-likeness (QED) is 0.718. The minimum atomic E-state index is -0.903. The number of anilines is 2. The molecule has 1 fully saturated rings. The number of aliphatic hydroxyl groups excluding tert-OH is 1. The van der Waals surface area contributed by atoms with Crippen molar-refractivity contribution in [3.63, 3.8) is 0 Å². The van der Waals surface area contributed by atoms with Crippen LogP contribution in [-0.4, -0.2) is 51.4 Å². The normalized spacial score (nSPS) is 19.8. The Balaban J connectivity index is 2.15. The maximum absolute atomic E-state index is 11.2. The summed E-state index contributed by atoms with van der Waals surface area (Å²) < 4.78 is 0. The lowest BCUT2D eigenvalue weighted by atomic mass is 10.1. The Morgan fingerprint density at radius 3 is 2.90 bits per heavy atom. The highest BCUT2D eigenvalue weighted by molar-refractivity contribution is 5.77. The van der Waals surface area contributed by atoms with Gasteiger partial charge in [0.05, 0.1) is 12.6 Å². The fraction of sp³-hybridized carbons (Fsp3) is 0.643. The van der Waals surface area contributed by atoms with Crippen molar-refractivity contribution in [3.8, 4) is 0 Å².